The van der Waals surface area contributed by atoms with Crippen LogP contribution in [-0.4, -0.2) is 29.8 Å². The molecule has 0 amide bonds. The third kappa shape index (κ3) is 4.22. The number of rotatable bonds is 6. The summed E-state index contributed by atoms with van der Waals surface area (Å²) in [4.78, 5) is 2.67. The first-order valence-electron chi connectivity index (χ1n) is 6.09. The lowest BCUT2D eigenvalue weighted by Gasteiger charge is -2.28. The van der Waals surface area contributed by atoms with Crippen LogP contribution in [0.25, 0.3) is 0 Å². The first kappa shape index (κ1) is 12.4. The van der Waals surface area contributed by atoms with E-state index in [2.05, 4.69) is 31.4 Å². The molecule has 0 N–H and O–H groups in total. The Bertz CT molecular complexity index is 141. The van der Waals surface area contributed by atoms with Crippen molar-refractivity contribution in [2.75, 3.05) is 18.8 Å². The summed E-state index contributed by atoms with van der Waals surface area (Å²) in [5.41, 5.74) is 0. The fourth-order valence-electron chi connectivity index (χ4n) is 2.30. The molecule has 0 aromatic carbocycles. The third-order valence-electron chi connectivity index (χ3n) is 3.22. The second kappa shape index (κ2) is 6.73. The van der Waals surface area contributed by atoms with E-state index in [0.717, 1.165) is 17.7 Å². The zero-order chi connectivity index (χ0) is 10.4. The molecular weight excluding hydrogens is 190 g/mol. The third-order valence-corrected chi connectivity index (χ3v) is 3.42. The zero-order valence-corrected chi connectivity index (χ0v) is 10.6. The minimum absolute atomic E-state index is 0.832. The zero-order valence-electron chi connectivity index (χ0n) is 9.71. The van der Waals surface area contributed by atoms with Crippen LogP contribution in [0.2, 0.25) is 0 Å². The van der Waals surface area contributed by atoms with Gasteiger partial charge in [-0.05, 0) is 31.7 Å². The van der Waals surface area contributed by atoms with Crippen LogP contribution in [0.3, 0.4) is 0 Å². The number of nitrogens with zero attached hydrogens (tertiary/aromatic N) is 1. The molecule has 1 nitrogen and oxygen atoms in total. The highest BCUT2D eigenvalue weighted by Gasteiger charge is 2.21. The van der Waals surface area contributed by atoms with Gasteiger partial charge < -0.3 is 0 Å². The summed E-state index contributed by atoms with van der Waals surface area (Å²) in [6.45, 7) is 7.09. The van der Waals surface area contributed by atoms with Crippen molar-refractivity contribution in [3.63, 3.8) is 0 Å². The van der Waals surface area contributed by atoms with Gasteiger partial charge in [0.15, 0.2) is 0 Å². The fraction of sp³-hybridized carbons (Fsp3) is 1.00. The van der Waals surface area contributed by atoms with Crippen molar-refractivity contribution >= 4 is 12.6 Å². The van der Waals surface area contributed by atoms with E-state index in [1.54, 1.807) is 0 Å². The van der Waals surface area contributed by atoms with E-state index in [-0.39, 0.29) is 0 Å². The van der Waals surface area contributed by atoms with Crippen LogP contribution < -0.4 is 0 Å². The molecule has 1 aliphatic carbocycles. The fourth-order valence-corrected chi connectivity index (χ4v) is 2.56. The van der Waals surface area contributed by atoms with Gasteiger partial charge in [0.05, 0.1) is 0 Å². The summed E-state index contributed by atoms with van der Waals surface area (Å²) < 4.78 is 0. The molecule has 14 heavy (non-hydrogen) atoms. The Hall–Kier alpha value is 0.310. The Labute approximate surface area is 94.7 Å². The minimum atomic E-state index is 0.832. The first-order chi connectivity index (χ1) is 6.74. The molecule has 0 spiro atoms. The van der Waals surface area contributed by atoms with Crippen molar-refractivity contribution in [2.45, 2.75) is 52.0 Å². The Morgan fingerprint density at radius 3 is 2.36 bits per heavy atom. The summed E-state index contributed by atoms with van der Waals surface area (Å²) >= 11 is 4.36. The average molecular weight is 215 g/mol. The van der Waals surface area contributed by atoms with E-state index in [1.165, 1.54) is 45.2 Å². The molecule has 1 aliphatic rings. The van der Waals surface area contributed by atoms with Crippen LogP contribution in [0.4, 0.5) is 0 Å². The van der Waals surface area contributed by atoms with E-state index in [4.69, 9.17) is 0 Å². The second-order valence-electron chi connectivity index (χ2n) is 4.88. The van der Waals surface area contributed by atoms with Crippen molar-refractivity contribution in [1.29, 1.82) is 0 Å². The van der Waals surface area contributed by atoms with E-state index in [0.29, 0.717) is 0 Å². The number of thiol groups is 1. The smallest absolute Gasteiger partial charge is 0.00955 e. The van der Waals surface area contributed by atoms with Gasteiger partial charge in [-0.2, -0.15) is 12.6 Å². The molecule has 0 unspecified atom stereocenters. The number of hydrogen-bond donors (Lipinski definition) is 1. The Kier molecular flexibility index (Phi) is 5.95. The van der Waals surface area contributed by atoms with Crippen molar-refractivity contribution in [3.8, 4) is 0 Å². The van der Waals surface area contributed by atoms with Gasteiger partial charge in [-0.1, -0.05) is 26.7 Å². The predicted molar refractivity (Wildman–Crippen MR) is 67.1 cm³/mol. The second-order valence-corrected chi connectivity index (χ2v) is 5.33. The monoisotopic (exact) mass is 215 g/mol. The first-order valence-corrected chi connectivity index (χ1v) is 6.72. The molecule has 1 rings (SSSR count). The maximum atomic E-state index is 4.36. The highest BCUT2D eigenvalue weighted by Crippen LogP contribution is 2.23. The molecule has 1 saturated carbocycles. The van der Waals surface area contributed by atoms with Crippen LogP contribution in [0.1, 0.15) is 46.0 Å². The lowest BCUT2D eigenvalue weighted by molar-refractivity contribution is 0.200. The molecule has 0 aromatic rings. The molecule has 2 heteroatoms. The molecule has 0 bridgehead atoms. The van der Waals surface area contributed by atoms with Crippen LogP contribution in [0, 0.1) is 5.92 Å². The molecule has 0 radical (unpaired) electrons. The normalized spacial score (nSPS) is 18.6. The molecule has 0 aromatic heterocycles. The summed E-state index contributed by atoms with van der Waals surface area (Å²) in [6.07, 6.45) is 7.06. The van der Waals surface area contributed by atoms with Gasteiger partial charge in [-0.15, -0.1) is 0 Å². The van der Waals surface area contributed by atoms with E-state index in [1.807, 2.05) is 0 Å². The van der Waals surface area contributed by atoms with E-state index >= 15 is 0 Å². The lowest BCUT2D eigenvalue weighted by atomic mass is 10.1. The Balaban J connectivity index is 2.29. The lowest BCUT2D eigenvalue weighted by Crippen LogP contribution is -2.36. The van der Waals surface area contributed by atoms with Gasteiger partial charge in [0, 0.05) is 18.3 Å². The Morgan fingerprint density at radius 1 is 1.21 bits per heavy atom. The topological polar surface area (TPSA) is 3.24 Å². The van der Waals surface area contributed by atoms with Gasteiger partial charge in [-0.3, -0.25) is 4.90 Å². The molecule has 0 heterocycles. The van der Waals surface area contributed by atoms with Crippen molar-refractivity contribution < 1.29 is 0 Å². The largest absolute Gasteiger partial charge is 0.300 e. The van der Waals surface area contributed by atoms with E-state index in [9.17, 15) is 0 Å². The van der Waals surface area contributed by atoms with Gasteiger partial charge >= 0.3 is 0 Å². The van der Waals surface area contributed by atoms with Crippen molar-refractivity contribution in [3.05, 3.63) is 0 Å². The van der Waals surface area contributed by atoms with Crippen LogP contribution in [0.15, 0.2) is 0 Å². The summed E-state index contributed by atoms with van der Waals surface area (Å²) in [5, 5.41) is 0. The SMILES string of the molecule is CC(C)CCN(CCS)C1CCCC1. The molecule has 0 saturated heterocycles. The van der Waals surface area contributed by atoms with Crippen molar-refractivity contribution in [1.82, 2.24) is 4.90 Å². The number of hydrogen-bond acceptors (Lipinski definition) is 2. The molecule has 0 aliphatic heterocycles. The predicted octanol–water partition coefficient (Wildman–Crippen LogP) is 3.21. The molecule has 0 atom stereocenters. The molecule has 84 valence electrons. The molecular formula is C12H25NS. The minimum Gasteiger partial charge on any atom is -0.300 e. The van der Waals surface area contributed by atoms with Crippen LogP contribution in [-0.2, 0) is 0 Å². The van der Waals surface area contributed by atoms with Gasteiger partial charge in [0.25, 0.3) is 0 Å². The van der Waals surface area contributed by atoms with E-state index < -0.39 is 0 Å². The van der Waals surface area contributed by atoms with Gasteiger partial charge in [-0.25, -0.2) is 0 Å². The molecule has 1 fully saturated rings. The quantitative estimate of drug-likeness (QED) is 0.666. The van der Waals surface area contributed by atoms with Crippen molar-refractivity contribution in [2.24, 2.45) is 5.92 Å². The summed E-state index contributed by atoms with van der Waals surface area (Å²) in [6, 6.07) is 0.876. The van der Waals surface area contributed by atoms with Crippen LogP contribution >= 0.6 is 12.6 Å². The highest BCUT2D eigenvalue weighted by atomic mass is 32.1. The standard InChI is InChI=1S/C12H25NS/c1-11(2)7-8-13(9-10-14)12-5-3-4-6-12/h11-12,14H,3-10H2,1-2H3. The average Bonchev–Trinajstić information content (AvgIpc) is 2.64. The summed E-state index contributed by atoms with van der Waals surface area (Å²) in [5.74, 6) is 1.84. The maximum absolute atomic E-state index is 4.36. The highest BCUT2D eigenvalue weighted by molar-refractivity contribution is 7.80. The summed E-state index contributed by atoms with van der Waals surface area (Å²) in [7, 11) is 0. The Morgan fingerprint density at radius 2 is 1.86 bits per heavy atom. The maximum Gasteiger partial charge on any atom is 0.00955 e. The van der Waals surface area contributed by atoms with Crippen LogP contribution in [0.5, 0.6) is 0 Å². The van der Waals surface area contributed by atoms with Gasteiger partial charge in [0.2, 0.25) is 0 Å². The van der Waals surface area contributed by atoms with Gasteiger partial charge in [0.1, 0.15) is 0 Å².